The lowest BCUT2D eigenvalue weighted by atomic mass is 9.97. The molecule has 136 valence electrons. The van der Waals surface area contributed by atoms with Gasteiger partial charge in [-0.3, -0.25) is 4.79 Å². The van der Waals surface area contributed by atoms with E-state index in [9.17, 15) is 14.4 Å². The maximum atomic E-state index is 13.8. The number of rotatable bonds is 3. The SMILES string of the molecule is CNc1cc(-c2cc3ccc(=O)[nH]c3nc2-c2ccc(F)c(C#N)c2)ccn1. The molecule has 7 heteroatoms. The van der Waals surface area contributed by atoms with Crippen LogP contribution in [0.5, 0.6) is 0 Å². The first kappa shape index (κ1) is 17.4. The van der Waals surface area contributed by atoms with Gasteiger partial charge in [-0.1, -0.05) is 0 Å². The fourth-order valence-electron chi connectivity index (χ4n) is 3.01. The summed E-state index contributed by atoms with van der Waals surface area (Å²) in [5.74, 6) is 0.0882. The first-order valence-electron chi connectivity index (χ1n) is 8.47. The summed E-state index contributed by atoms with van der Waals surface area (Å²) in [6.45, 7) is 0. The van der Waals surface area contributed by atoms with Gasteiger partial charge in [-0.25, -0.2) is 14.4 Å². The van der Waals surface area contributed by atoms with E-state index in [-0.39, 0.29) is 11.1 Å². The number of fused-ring (bicyclic) bond motifs is 1. The quantitative estimate of drug-likeness (QED) is 0.573. The molecule has 3 heterocycles. The Labute approximate surface area is 159 Å². The highest BCUT2D eigenvalue weighted by molar-refractivity contribution is 5.90. The first-order chi connectivity index (χ1) is 13.6. The fraction of sp³-hybridized carbons (Fsp3) is 0.0476. The second kappa shape index (κ2) is 6.93. The molecule has 0 unspecified atom stereocenters. The summed E-state index contributed by atoms with van der Waals surface area (Å²) in [6.07, 6.45) is 1.67. The standard InChI is InChI=1S/C21H14FN5O/c1-24-18-10-12(6-7-25-18)16-9-14-3-5-19(28)26-21(14)27-20(16)13-2-4-17(22)15(8-13)11-23/h2-10H,1H3,(H,24,25)(H,26,27,28). The Bertz CT molecular complexity index is 1310. The molecule has 0 aliphatic rings. The van der Waals surface area contributed by atoms with Gasteiger partial charge in [0.05, 0.1) is 11.3 Å². The van der Waals surface area contributed by atoms with Gasteiger partial charge in [-0.05, 0) is 48.0 Å². The van der Waals surface area contributed by atoms with Crippen molar-refractivity contribution in [1.82, 2.24) is 15.0 Å². The smallest absolute Gasteiger partial charge is 0.249 e. The zero-order valence-corrected chi connectivity index (χ0v) is 14.8. The van der Waals surface area contributed by atoms with E-state index in [0.717, 1.165) is 16.5 Å². The molecular weight excluding hydrogens is 357 g/mol. The van der Waals surface area contributed by atoms with Crippen LogP contribution in [0.3, 0.4) is 0 Å². The van der Waals surface area contributed by atoms with E-state index in [1.807, 2.05) is 24.3 Å². The van der Waals surface area contributed by atoms with Crippen LogP contribution in [-0.4, -0.2) is 22.0 Å². The summed E-state index contributed by atoms with van der Waals surface area (Å²) in [7, 11) is 1.77. The molecule has 6 nitrogen and oxygen atoms in total. The third kappa shape index (κ3) is 3.08. The molecule has 2 N–H and O–H groups in total. The van der Waals surface area contributed by atoms with E-state index in [4.69, 9.17) is 0 Å². The number of hydrogen-bond donors (Lipinski definition) is 2. The van der Waals surface area contributed by atoms with Crippen molar-refractivity contribution in [3.05, 3.63) is 76.5 Å². The Morgan fingerprint density at radius 1 is 1.11 bits per heavy atom. The molecule has 0 amide bonds. The number of hydrogen-bond acceptors (Lipinski definition) is 5. The number of halogens is 1. The van der Waals surface area contributed by atoms with E-state index < -0.39 is 5.82 Å². The highest BCUT2D eigenvalue weighted by Crippen LogP contribution is 2.34. The van der Waals surface area contributed by atoms with Crippen LogP contribution >= 0.6 is 0 Å². The summed E-state index contributed by atoms with van der Waals surface area (Å²) in [4.78, 5) is 23.3. The molecule has 0 saturated carbocycles. The van der Waals surface area contributed by atoms with Gasteiger partial charge in [0.1, 0.15) is 23.4 Å². The van der Waals surface area contributed by atoms with Crippen molar-refractivity contribution in [1.29, 1.82) is 5.26 Å². The molecule has 0 aliphatic carbocycles. The molecule has 0 fully saturated rings. The van der Waals surface area contributed by atoms with Gasteiger partial charge in [0.15, 0.2) is 0 Å². The van der Waals surface area contributed by atoms with E-state index in [2.05, 4.69) is 20.3 Å². The van der Waals surface area contributed by atoms with Gasteiger partial charge in [-0.2, -0.15) is 5.26 Å². The zero-order chi connectivity index (χ0) is 19.7. The molecule has 0 bridgehead atoms. The summed E-state index contributed by atoms with van der Waals surface area (Å²) >= 11 is 0. The van der Waals surface area contributed by atoms with Crippen LogP contribution < -0.4 is 10.9 Å². The Kier molecular flexibility index (Phi) is 4.30. The van der Waals surface area contributed by atoms with E-state index in [1.165, 1.54) is 18.2 Å². The highest BCUT2D eigenvalue weighted by Gasteiger charge is 2.14. The Balaban J connectivity index is 2.04. The summed E-state index contributed by atoms with van der Waals surface area (Å²) in [5.41, 5.74) is 2.79. The first-order valence-corrected chi connectivity index (χ1v) is 8.47. The lowest BCUT2D eigenvalue weighted by Crippen LogP contribution is -2.05. The number of anilines is 1. The van der Waals surface area contributed by atoms with Gasteiger partial charge in [0, 0.05) is 35.8 Å². The second-order valence-corrected chi connectivity index (χ2v) is 6.13. The summed E-state index contributed by atoms with van der Waals surface area (Å²) in [6, 6.07) is 14.8. The number of H-pyrrole nitrogens is 1. The summed E-state index contributed by atoms with van der Waals surface area (Å²) < 4.78 is 13.8. The molecule has 0 radical (unpaired) electrons. The van der Waals surface area contributed by atoms with Crippen molar-refractivity contribution in [3.63, 3.8) is 0 Å². The average molecular weight is 371 g/mol. The molecular formula is C21H14FN5O. The Morgan fingerprint density at radius 3 is 2.75 bits per heavy atom. The van der Waals surface area contributed by atoms with Gasteiger partial charge in [0.25, 0.3) is 0 Å². The van der Waals surface area contributed by atoms with Gasteiger partial charge < -0.3 is 10.3 Å². The highest BCUT2D eigenvalue weighted by atomic mass is 19.1. The number of nitriles is 1. The van der Waals surface area contributed by atoms with Crippen LogP contribution in [0.15, 0.2) is 59.5 Å². The minimum absolute atomic E-state index is 0.0717. The van der Waals surface area contributed by atoms with Crippen LogP contribution in [0.25, 0.3) is 33.4 Å². The molecule has 4 aromatic rings. The lowest BCUT2D eigenvalue weighted by Gasteiger charge is -2.12. The molecule has 3 aromatic heterocycles. The van der Waals surface area contributed by atoms with Crippen LogP contribution in [-0.2, 0) is 0 Å². The van der Waals surface area contributed by atoms with Gasteiger partial charge >= 0.3 is 0 Å². The van der Waals surface area contributed by atoms with Crippen LogP contribution in [0.4, 0.5) is 10.2 Å². The summed E-state index contributed by atoms with van der Waals surface area (Å²) in [5, 5.41) is 12.9. The number of aromatic amines is 1. The monoisotopic (exact) mass is 371 g/mol. The van der Waals surface area contributed by atoms with E-state index >= 15 is 0 Å². The van der Waals surface area contributed by atoms with Crippen molar-refractivity contribution < 1.29 is 4.39 Å². The van der Waals surface area contributed by atoms with Crippen molar-refractivity contribution >= 4 is 16.9 Å². The molecule has 0 spiro atoms. The van der Waals surface area contributed by atoms with Crippen molar-refractivity contribution in [3.8, 4) is 28.5 Å². The molecule has 0 atom stereocenters. The fourth-order valence-corrected chi connectivity index (χ4v) is 3.01. The topological polar surface area (TPSA) is 94.5 Å². The van der Waals surface area contributed by atoms with Gasteiger partial charge in [0.2, 0.25) is 5.56 Å². The van der Waals surface area contributed by atoms with Gasteiger partial charge in [-0.15, -0.1) is 0 Å². The van der Waals surface area contributed by atoms with Crippen LogP contribution in [0.2, 0.25) is 0 Å². The molecule has 0 saturated heterocycles. The maximum Gasteiger partial charge on any atom is 0.249 e. The Morgan fingerprint density at radius 2 is 1.96 bits per heavy atom. The van der Waals surface area contributed by atoms with Crippen LogP contribution in [0, 0.1) is 17.1 Å². The second-order valence-electron chi connectivity index (χ2n) is 6.13. The molecule has 0 aliphatic heterocycles. The number of aromatic nitrogens is 3. The number of nitrogens with one attached hydrogen (secondary N) is 2. The molecule has 4 rings (SSSR count). The minimum atomic E-state index is -0.594. The third-order valence-electron chi connectivity index (χ3n) is 4.40. The molecule has 28 heavy (non-hydrogen) atoms. The largest absolute Gasteiger partial charge is 0.373 e. The van der Waals surface area contributed by atoms with E-state index in [1.54, 1.807) is 25.4 Å². The maximum absolute atomic E-state index is 13.8. The average Bonchev–Trinajstić information content (AvgIpc) is 2.73. The molecule has 1 aromatic carbocycles. The lowest BCUT2D eigenvalue weighted by molar-refractivity contribution is 0.624. The third-order valence-corrected chi connectivity index (χ3v) is 4.40. The van der Waals surface area contributed by atoms with E-state index in [0.29, 0.717) is 22.7 Å². The van der Waals surface area contributed by atoms with Crippen LogP contribution in [0.1, 0.15) is 5.56 Å². The minimum Gasteiger partial charge on any atom is -0.373 e. The zero-order valence-electron chi connectivity index (χ0n) is 14.8. The van der Waals surface area contributed by atoms with Crippen molar-refractivity contribution in [2.45, 2.75) is 0 Å². The van der Waals surface area contributed by atoms with Crippen molar-refractivity contribution in [2.75, 3.05) is 12.4 Å². The number of pyridine rings is 3. The normalized spacial score (nSPS) is 10.6. The predicted molar refractivity (Wildman–Crippen MR) is 105 cm³/mol. The number of nitrogens with zero attached hydrogens (tertiary/aromatic N) is 3. The van der Waals surface area contributed by atoms with Crippen molar-refractivity contribution in [2.24, 2.45) is 0 Å². The Hall–Kier alpha value is -4.05. The predicted octanol–water partition coefficient (Wildman–Crippen LogP) is 3.70. The number of benzene rings is 1.